The molecule has 6 heteroatoms. The zero-order valence-corrected chi connectivity index (χ0v) is 16.7. The molecule has 0 radical (unpaired) electrons. The van der Waals surface area contributed by atoms with Gasteiger partial charge in [-0.1, -0.05) is 55.5 Å². The summed E-state index contributed by atoms with van der Waals surface area (Å²) >= 11 is 0. The number of phenols is 1. The lowest BCUT2D eigenvalue weighted by molar-refractivity contribution is -0.384. The second-order valence-corrected chi connectivity index (χ2v) is 7.84. The van der Waals surface area contributed by atoms with Crippen molar-refractivity contribution in [3.63, 3.8) is 0 Å². The van der Waals surface area contributed by atoms with Crippen LogP contribution in [0.1, 0.15) is 23.6 Å². The van der Waals surface area contributed by atoms with Crippen LogP contribution in [0.2, 0.25) is 0 Å². The van der Waals surface area contributed by atoms with Crippen LogP contribution in [0.15, 0.2) is 72.8 Å². The number of nitro groups is 1. The molecule has 1 aliphatic heterocycles. The molecule has 0 spiro atoms. The Bertz CT molecular complexity index is 1170. The van der Waals surface area contributed by atoms with Gasteiger partial charge in [0.2, 0.25) is 0 Å². The second-order valence-electron chi connectivity index (χ2n) is 7.84. The quantitative estimate of drug-likeness (QED) is 0.509. The number of nitrogens with zero attached hydrogens (tertiary/aromatic N) is 3. The smallest absolute Gasteiger partial charge is 0.269 e. The van der Waals surface area contributed by atoms with Crippen molar-refractivity contribution in [2.45, 2.75) is 24.3 Å². The third kappa shape index (κ3) is 2.56. The number of hydrogen-bond donors (Lipinski definition) is 1. The molecule has 3 aromatic rings. The molecule has 0 aliphatic carbocycles. The van der Waals surface area contributed by atoms with Crippen LogP contribution in [0.5, 0.6) is 5.75 Å². The van der Waals surface area contributed by atoms with Crippen LogP contribution in [0.4, 0.5) is 11.4 Å². The summed E-state index contributed by atoms with van der Waals surface area (Å²) in [7, 11) is 1.90. The summed E-state index contributed by atoms with van der Waals surface area (Å²) in [4.78, 5) is 12.8. The van der Waals surface area contributed by atoms with E-state index >= 15 is 0 Å². The van der Waals surface area contributed by atoms with Gasteiger partial charge in [-0.2, -0.15) is 5.26 Å². The predicted octanol–water partition coefficient (Wildman–Crippen LogP) is 4.67. The average Bonchev–Trinajstić information content (AvgIpc) is 2.95. The zero-order chi connectivity index (χ0) is 21.5. The number of likely N-dealkylation sites (N-methyl/N-ethyl adjacent to an activating group) is 1. The monoisotopic (exact) mass is 399 g/mol. The third-order valence-electron chi connectivity index (χ3n) is 6.33. The standard InChI is InChI=1S/C24H21N3O3/c1-23(15-17-14-19(27(29)30)12-13-22(17)28)20-10-6-7-11-21(20)26(2)24(23,16-25)18-8-4-3-5-9-18/h3-14,28H,15H2,1-2H3. The number of nitriles is 1. The van der Waals surface area contributed by atoms with Gasteiger partial charge in [0.1, 0.15) is 5.75 Å². The van der Waals surface area contributed by atoms with E-state index in [1.54, 1.807) is 0 Å². The van der Waals surface area contributed by atoms with Crippen molar-refractivity contribution in [3.05, 3.63) is 99.6 Å². The Hall–Kier alpha value is -3.85. The van der Waals surface area contributed by atoms with Gasteiger partial charge in [-0.3, -0.25) is 10.1 Å². The Morgan fingerprint density at radius 3 is 2.43 bits per heavy atom. The van der Waals surface area contributed by atoms with Crippen molar-refractivity contribution in [1.82, 2.24) is 0 Å². The molecule has 1 heterocycles. The minimum absolute atomic E-state index is 0.0197. The van der Waals surface area contributed by atoms with Gasteiger partial charge in [-0.25, -0.2) is 0 Å². The molecule has 0 bridgehead atoms. The van der Waals surface area contributed by atoms with Crippen molar-refractivity contribution in [2.75, 3.05) is 11.9 Å². The molecule has 6 nitrogen and oxygen atoms in total. The number of hydrogen-bond acceptors (Lipinski definition) is 5. The SMILES string of the molecule is CN1c2ccccc2C(C)(Cc2cc([N+](=O)[O-])ccc2O)C1(C#N)c1ccccc1. The molecule has 0 aromatic heterocycles. The minimum atomic E-state index is -1.06. The van der Waals surface area contributed by atoms with Crippen LogP contribution < -0.4 is 4.90 Å². The maximum atomic E-state index is 11.3. The molecule has 1 aliphatic rings. The summed E-state index contributed by atoms with van der Waals surface area (Å²) in [5, 5.41) is 32.4. The molecule has 3 aromatic carbocycles. The highest BCUT2D eigenvalue weighted by Gasteiger charge is 2.60. The van der Waals surface area contributed by atoms with Crippen molar-refractivity contribution < 1.29 is 10.0 Å². The van der Waals surface area contributed by atoms with Crippen LogP contribution in [-0.2, 0) is 17.4 Å². The fraction of sp³-hybridized carbons (Fsp3) is 0.208. The molecule has 1 N–H and O–H groups in total. The molecule has 30 heavy (non-hydrogen) atoms. The number of nitro benzene ring substituents is 1. The molecule has 2 unspecified atom stereocenters. The summed E-state index contributed by atoms with van der Waals surface area (Å²) in [6, 6.07) is 24.0. The highest BCUT2D eigenvalue weighted by molar-refractivity contribution is 5.71. The highest BCUT2D eigenvalue weighted by Crippen LogP contribution is 2.57. The topological polar surface area (TPSA) is 90.4 Å². The lowest BCUT2D eigenvalue weighted by Gasteiger charge is -2.43. The van der Waals surface area contributed by atoms with E-state index in [0.29, 0.717) is 5.56 Å². The lowest BCUT2D eigenvalue weighted by atomic mass is 9.63. The van der Waals surface area contributed by atoms with Crippen LogP contribution in [0.25, 0.3) is 0 Å². The van der Waals surface area contributed by atoms with Gasteiger partial charge >= 0.3 is 0 Å². The zero-order valence-electron chi connectivity index (χ0n) is 16.7. The fourth-order valence-corrected chi connectivity index (χ4v) is 4.86. The fourth-order valence-electron chi connectivity index (χ4n) is 4.86. The third-order valence-corrected chi connectivity index (χ3v) is 6.33. The number of non-ortho nitro benzene ring substituents is 1. The van der Waals surface area contributed by atoms with Gasteiger partial charge in [0.15, 0.2) is 5.54 Å². The van der Waals surface area contributed by atoms with Crippen LogP contribution in [0.3, 0.4) is 0 Å². The normalized spacial score (nSPS) is 22.4. The Kier molecular flexibility index (Phi) is 4.47. The number of para-hydroxylation sites is 1. The number of benzene rings is 3. The van der Waals surface area contributed by atoms with E-state index in [4.69, 9.17) is 0 Å². The number of aromatic hydroxyl groups is 1. The molecule has 0 amide bonds. The van der Waals surface area contributed by atoms with Crippen LogP contribution in [0, 0.1) is 21.4 Å². The van der Waals surface area contributed by atoms with Gasteiger partial charge in [0, 0.05) is 35.8 Å². The number of rotatable bonds is 4. The number of phenolic OH excluding ortho intramolecular Hbond substituents is 1. The van der Waals surface area contributed by atoms with Crippen LogP contribution >= 0.6 is 0 Å². The van der Waals surface area contributed by atoms with Gasteiger partial charge in [-0.05, 0) is 29.7 Å². The summed E-state index contributed by atoms with van der Waals surface area (Å²) in [5.74, 6) is -0.0197. The minimum Gasteiger partial charge on any atom is -0.508 e. The van der Waals surface area contributed by atoms with Crippen molar-refractivity contribution >= 4 is 11.4 Å². The van der Waals surface area contributed by atoms with Crippen molar-refractivity contribution in [1.29, 1.82) is 5.26 Å². The van der Waals surface area contributed by atoms with E-state index in [1.807, 2.05) is 73.5 Å². The Morgan fingerprint density at radius 1 is 1.10 bits per heavy atom. The molecule has 2 atom stereocenters. The Balaban J connectivity index is 1.98. The molecular weight excluding hydrogens is 378 g/mol. The predicted molar refractivity (Wildman–Crippen MR) is 114 cm³/mol. The van der Waals surface area contributed by atoms with Crippen molar-refractivity contribution in [3.8, 4) is 11.8 Å². The molecule has 4 rings (SSSR count). The molecule has 0 saturated carbocycles. The van der Waals surface area contributed by atoms with Gasteiger partial charge in [-0.15, -0.1) is 0 Å². The highest BCUT2D eigenvalue weighted by atomic mass is 16.6. The van der Waals surface area contributed by atoms with Crippen molar-refractivity contribution in [2.24, 2.45) is 0 Å². The first-order valence-electron chi connectivity index (χ1n) is 9.61. The maximum absolute atomic E-state index is 11.3. The summed E-state index contributed by atoms with van der Waals surface area (Å²) in [5.41, 5.74) is 1.23. The number of anilines is 1. The lowest BCUT2D eigenvalue weighted by Crippen LogP contribution is -2.53. The number of fused-ring (bicyclic) bond motifs is 1. The first-order valence-corrected chi connectivity index (χ1v) is 9.61. The van der Waals surface area contributed by atoms with Crippen LogP contribution in [-0.4, -0.2) is 17.1 Å². The molecule has 0 saturated heterocycles. The molecular formula is C24H21N3O3. The second kappa shape index (κ2) is 6.89. The van der Waals surface area contributed by atoms with E-state index < -0.39 is 15.9 Å². The van der Waals surface area contributed by atoms with Gasteiger partial charge < -0.3 is 10.0 Å². The Morgan fingerprint density at radius 2 is 1.77 bits per heavy atom. The summed E-state index contributed by atoms with van der Waals surface area (Å²) in [6.07, 6.45) is 0.254. The summed E-state index contributed by atoms with van der Waals surface area (Å²) in [6.45, 7) is 1.99. The van der Waals surface area contributed by atoms with E-state index in [2.05, 4.69) is 6.07 Å². The maximum Gasteiger partial charge on any atom is 0.269 e. The molecule has 150 valence electrons. The Labute approximate surface area is 174 Å². The first kappa shape index (κ1) is 19.5. The van der Waals surface area contributed by atoms with E-state index in [1.165, 1.54) is 18.2 Å². The van der Waals surface area contributed by atoms with E-state index in [-0.39, 0.29) is 17.9 Å². The van der Waals surface area contributed by atoms with Gasteiger partial charge in [0.25, 0.3) is 5.69 Å². The first-order chi connectivity index (χ1) is 14.3. The van der Waals surface area contributed by atoms with Gasteiger partial charge in [0.05, 0.1) is 11.0 Å². The van der Waals surface area contributed by atoms with E-state index in [9.17, 15) is 20.5 Å². The summed E-state index contributed by atoms with van der Waals surface area (Å²) < 4.78 is 0. The average molecular weight is 399 g/mol. The molecule has 0 fully saturated rings. The largest absolute Gasteiger partial charge is 0.508 e. The van der Waals surface area contributed by atoms with E-state index in [0.717, 1.165) is 16.8 Å².